The molecule has 3 aromatic rings. The zero-order valence-corrected chi connectivity index (χ0v) is 18.9. The summed E-state index contributed by atoms with van der Waals surface area (Å²) in [5.74, 6) is 0.487. The largest absolute Gasteiger partial charge is 0.441 e. The molecule has 1 aromatic carbocycles. The highest BCUT2D eigenvalue weighted by molar-refractivity contribution is 5.94. The zero-order chi connectivity index (χ0) is 20.6. The van der Waals surface area contributed by atoms with Crippen molar-refractivity contribution in [2.24, 2.45) is 5.92 Å². The minimum Gasteiger partial charge on any atom is -0.441 e. The number of ether oxygens (including phenoxy) is 1. The van der Waals surface area contributed by atoms with Crippen LogP contribution in [0.3, 0.4) is 0 Å². The van der Waals surface area contributed by atoms with Crippen LogP contribution in [0.25, 0.3) is 10.9 Å². The molecule has 1 aliphatic carbocycles. The van der Waals surface area contributed by atoms with Crippen molar-refractivity contribution in [2.75, 3.05) is 16.8 Å². The summed E-state index contributed by atoms with van der Waals surface area (Å²) in [5, 5.41) is 3.99. The van der Waals surface area contributed by atoms with E-state index in [1.165, 1.54) is 0 Å². The number of hydrogen-bond donors (Lipinski definition) is 1. The Morgan fingerprint density at radius 3 is 2.56 bits per heavy atom. The Labute approximate surface area is 198 Å². The molecule has 1 saturated heterocycles. The van der Waals surface area contributed by atoms with Gasteiger partial charge in [0.15, 0.2) is 0 Å². The summed E-state index contributed by atoms with van der Waals surface area (Å²) in [5.41, 5.74) is 1.07. The molecule has 1 N–H and O–H groups in total. The minimum absolute atomic E-state index is 0. The molecule has 0 unspecified atom stereocenters. The number of para-hydroxylation sites is 1. The van der Waals surface area contributed by atoms with E-state index in [4.69, 9.17) is 4.74 Å². The topological polar surface area (TPSA) is 84.4 Å². The number of hydrogen-bond acceptors (Lipinski definition) is 5. The number of amides is 2. The fourth-order valence-corrected chi connectivity index (χ4v) is 4.36. The molecule has 2 amide bonds. The molecular weight excluding hydrogens is 451 g/mol. The quantitative estimate of drug-likeness (QED) is 0.577. The van der Waals surface area contributed by atoms with Crippen LogP contribution in [0.4, 0.5) is 16.3 Å². The molecule has 0 atom stereocenters. The average molecular weight is 475 g/mol. The van der Waals surface area contributed by atoms with Crippen molar-refractivity contribution in [1.29, 1.82) is 0 Å². The molecule has 0 bridgehead atoms. The third kappa shape index (κ3) is 4.64. The van der Waals surface area contributed by atoms with Gasteiger partial charge in [-0.1, -0.05) is 24.3 Å². The molecule has 9 heteroatoms. The van der Waals surface area contributed by atoms with Gasteiger partial charge in [0.2, 0.25) is 5.91 Å². The monoisotopic (exact) mass is 474 g/mol. The van der Waals surface area contributed by atoms with Gasteiger partial charge in [0.1, 0.15) is 11.4 Å². The molecule has 32 heavy (non-hydrogen) atoms. The number of fused-ring (bicyclic) bond motifs is 1. The summed E-state index contributed by atoms with van der Waals surface area (Å²) in [7, 11) is 0. The predicted molar refractivity (Wildman–Crippen MR) is 128 cm³/mol. The lowest BCUT2D eigenvalue weighted by atomic mass is 9.78. The van der Waals surface area contributed by atoms with Crippen LogP contribution in [0.1, 0.15) is 25.7 Å². The first-order chi connectivity index (χ1) is 14.6. The Kier molecular flexibility index (Phi) is 7.21. The van der Waals surface area contributed by atoms with E-state index in [9.17, 15) is 9.59 Å². The lowest BCUT2D eigenvalue weighted by molar-refractivity contribution is -0.122. The third-order valence-corrected chi connectivity index (χ3v) is 6.02. The van der Waals surface area contributed by atoms with Gasteiger partial charge in [-0.25, -0.2) is 9.78 Å². The molecule has 2 fully saturated rings. The van der Waals surface area contributed by atoms with Gasteiger partial charge in [0, 0.05) is 17.5 Å². The number of benzene rings is 1. The second-order valence-corrected chi connectivity index (χ2v) is 8.01. The van der Waals surface area contributed by atoms with E-state index in [0.717, 1.165) is 10.9 Å². The SMILES string of the molecule is Cl.Cl.O=C(Nc1cnc2ccccc2c1)C1CCC2(CC1)CN(c1ccccn1)C(=O)O2. The highest BCUT2D eigenvalue weighted by atomic mass is 35.5. The number of anilines is 2. The van der Waals surface area contributed by atoms with Crippen molar-refractivity contribution in [1.82, 2.24) is 9.97 Å². The summed E-state index contributed by atoms with van der Waals surface area (Å²) in [6.07, 6.45) is 5.67. The van der Waals surface area contributed by atoms with Gasteiger partial charge >= 0.3 is 6.09 Å². The molecule has 5 rings (SSSR count). The number of nitrogens with zero attached hydrogens (tertiary/aromatic N) is 3. The molecule has 1 spiro atoms. The normalized spacial score (nSPS) is 22.1. The number of carbonyl (C=O) groups excluding carboxylic acids is 2. The van der Waals surface area contributed by atoms with Gasteiger partial charge in [0.25, 0.3) is 0 Å². The second-order valence-electron chi connectivity index (χ2n) is 8.01. The Balaban J connectivity index is 0.00000144. The molecular formula is C23H24Cl2N4O3. The lowest BCUT2D eigenvalue weighted by Crippen LogP contribution is -2.41. The first-order valence-electron chi connectivity index (χ1n) is 10.2. The molecule has 1 saturated carbocycles. The number of nitrogens with one attached hydrogen (secondary N) is 1. The van der Waals surface area contributed by atoms with Crippen molar-refractivity contribution in [3.8, 4) is 0 Å². The molecule has 2 aliphatic rings. The maximum absolute atomic E-state index is 12.8. The number of pyridine rings is 2. The summed E-state index contributed by atoms with van der Waals surface area (Å²) in [4.78, 5) is 35.4. The van der Waals surface area contributed by atoms with E-state index in [2.05, 4.69) is 15.3 Å². The highest BCUT2D eigenvalue weighted by Crippen LogP contribution is 2.40. The fourth-order valence-electron chi connectivity index (χ4n) is 4.36. The van der Waals surface area contributed by atoms with E-state index >= 15 is 0 Å². The second kappa shape index (κ2) is 9.71. The zero-order valence-electron chi connectivity index (χ0n) is 17.3. The average Bonchev–Trinajstić information content (AvgIpc) is 3.10. The highest BCUT2D eigenvalue weighted by Gasteiger charge is 2.48. The first-order valence-corrected chi connectivity index (χ1v) is 10.2. The third-order valence-electron chi connectivity index (χ3n) is 6.02. The molecule has 2 aromatic heterocycles. The summed E-state index contributed by atoms with van der Waals surface area (Å²) in [6.45, 7) is 0.478. The van der Waals surface area contributed by atoms with Crippen molar-refractivity contribution < 1.29 is 14.3 Å². The Morgan fingerprint density at radius 2 is 1.81 bits per heavy atom. The molecule has 0 radical (unpaired) electrons. The maximum atomic E-state index is 12.8. The van der Waals surface area contributed by atoms with Crippen LogP contribution in [-0.4, -0.2) is 34.1 Å². The number of halogens is 2. The Hall–Kier alpha value is -2.90. The van der Waals surface area contributed by atoms with Gasteiger partial charge in [-0.2, -0.15) is 0 Å². The van der Waals surface area contributed by atoms with Crippen LogP contribution in [0.5, 0.6) is 0 Å². The fraction of sp³-hybridized carbons (Fsp3) is 0.304. The van der Waals surface area contributed by atoms with E-state index in [-0.39, 0.29) is 42.7 Å². The number of carbonyl (C=O) groups is 2. The van der Waals surface area contributed by atoms with Gasteiger partial charge in [-0.15, -0.1) is 24.8 Å². The van der Waals surface area contributed by atoms with E-state index in [1.54, 1.807) is 23.4 Å². The van der Waals surface area contributed by atoms with Crippen molar-refractivity contribution >= 4 is 59.2 Å². The van der Waals surface area contributed by atoms with E-state index < -0.39 is 5.60 Å². The first kappa shape index (κ1) is 23.8. The number of aromatic nitrogens is 2. The standard InChI is InChI=1S/C23H22N4O3.2ClH/c28-21(26-18-13-17-5-1-2-6-19(17)25-14-18)16-8-10-23(11-9-16)15-27(22(29)30-23)20-7-3-4-12-24-20;;/h1-7,12-14,16H,8-11,15H2,(H,26,28);2*1H. The Bertz CT molecular complexity index is 1100. The van der Waals surface area contributed by atoms with E-state index in [0.29, 0.717) is 43.7 Å². The van der Waals surface area contributed by atoms with Crippen molar-refractivity contribution in [3.63, 3.8) is 0 Å². The van der Waals surface area contributed by atoms with Crippen LogP contribution in [0.15, 0.2) is 60.9 Å². The van der Waals surface area contributed by atoms with Gasteiger partial charge < -0.3 is 10.1 Å². The summed E-state index contributed by atoms with van der Waals surface area (Å²) in [6, 6.07) is 15.2. The van der Waals surface area contributed by atoms with Gasteiger partial charge in [0.05, 0.1) is 23.9 Å². The Morgan fingerprint density at radius 1 is 1.06 bits per heavy atom. The van der Waals surface area contributed by atoms with Crippen LogP contribution < -0.4 is 10.2 Å². The molecule has 168 valence electrons. The summed E-state index contributed by atoms with van der Waals surface area (Å²) >= 11 is 0. The van der Waals surface area contributed by atoms with Crippen LogP contribution in [-0.2, 0) is 9.53 Å². The minimum atomic E-state index is -0.532. The molecule has 7 nitrogen and oxygen atoms in total. The smallest absolute Gasteiger partial charge is 0.416 e. The lowest BCUT2D eigenvalue weighted by Gasteiger charge is -2.34. The van der Waals surface area contributed by atoms with Crippen LogP contribution in [0, 0.1) is 5.92 Å². The van der Waals surface area contributed by atoms with Crippen molar-refractivity contribution in [2.45, 2.75) is 31.3 Å². The summed E-state index contributed by atoms with van der Waals surface area (Å²) < 4.78 is 5.76. The maximum Gasteiger partial charge on any atom is 0.416 e. The number of rotatable bonds is 3. The van der Waals surface area contributed by atoms with Crippen molar-refractivity contribution in [3.05, 3.63) is 60.9 Å². The van der Waals surface area contributed by atoms with E-state index in [1.807, 2.05) is 42.5 Å². The predicted octanol–water partition coefficient (Wildman–Crippen LogP) is 5.00. The van der Waals surface area contributed by atoms with Crippen LogP contribution >= 0.6 is 24.8 Å². The molecule has 3 heterocycles. The molecule has 1 aliphatic heterocycles. The van der Waals surface area contributed by atoms with Crippen LogP contribution in [0.2, 0.25) is 0 Å². The van der Waals surface area contributed by atoms with Gasteiger partial charge in [-0.3, -0.25) is 14.7 Å². The van der Waals surface area contributed by atoms with Gasteiger partial charge in [-0.05, 0) is 49.9 Å².